The molecule has 4 heteroatoms. The van der Waals surface area contributed by atoms with Crippen LogP contribution in [0.25, 0.3) is 10.8 Å². The van der Waals surface area contributed by atoms with E-state index in [0.717, 1.165) is 16.5 Å². The summed E-state index contributed by atoms with van der Waals surface area (Å²) in [6.45, 7) is 5.16. The lowest BCUT2D eigenvalue weighted by Crippen LogP contribution is -2.38. The Labute approximate surface area is 159 Å². The van der Waals surface area contributed by atoms with Gasteiger partial charge in [0.1, 0.15) is 11.9 Å². The molecule has 3 aromatic carbocycles. The Morgan fingerprint density at radius 2 is 1.89 bits per heavy atom. The molecule has 0 unspecified atom stereocenters. The highest BCUT2D eigenvalue weighted by Crippen LogP contribution is 2.25. The van der Waals surface area contributed by atoms with Crippen molar-refractivity contribution in [3.05, 3.63) is 77.4 Å². The van der Waals surface area contributed by atoms with Crippen LogP contribution >= 0.6 is 0 Å². The van der Waals surface area contributed by atoms with E-state index in [4.69, 9.17) is 9.47 Å². The lowest BCUT2D eigenvalue weighted by Gasteiger charge is -2.27. The summed E-state index contributed by atoms with van der Waals surface area (Å²) in [5.74, 6) is 0.611. The molecule has 1 N–H and O–H groups in total. The number of aryl methyl sites for hydroxylation is 1. The fourth-order valence-electron chi connectivity index (χ4n) is 3.37. The Balaban J connectivity index is 1.55. The van der Waals surface area contributed by atoms with Crippen LogP contribution in [0, 0.1) is 6.92 Å². The van der Waals surface area contributed by atoms with Gasteiger partial charge < -0.3 is 14.8 Å². The first-order valence-corrected chi connectivity index (χ1v) is 9.25. The summed E-state index contributed by atoms with van der Waals surface area (Å²) in [4.78, 5) is 12.9. The van der Waals surface area contributed by atoms with Gasteiger partial charge in [-0.25, -0.2) is 0 Å². The molecule has 1 aliphatic heterocycles. The number of amides is 1. The van der Waals surface area contributed by atoms with Crippen molar-refractivity contribution in [2.24, 2.45) is 0 Å². The summed E-state index contributed by atoms with van der Waals surface area (Å²) in [7, 11) is 0. The molecule has 0 aliphatic carbocycles. The van der Waals surface area contributed by atoms with Crippen LogP contribution in [0.15, 0.2) is 60.7 Å². The molecular formula is C23H23NO3. The van der Waals surface area contributed by atoms with E-state index in [9.17, 15) is 4.79 Å². The topological polar surface area (TPSA) is 47.6 Å². The van der Waals surface area contributed by atoms with Crippen LogP contribution in [-0.4, -0.2) is 25.2 Å². The summed E-state index contributed by atoms with van der Waals surface area (Å²) >= 11 is 0. The van der Waals surface area contributed by atoms with Gasteiger partial charge in [0, 0.05) is 5.56 Å². The minimum absolute atomic E-state index is 0.0817. The number of hydrogen-bond donors (Lipinski definition) is 1. The molecule has 1 saturated heterocycles. The minimum Gasteiger partial charge on any atom is -0.486 e. The van der Waals surface area contributed by atoms with Gasteiger partial charge in [-0.05, 0) is 47.9 Å². The maximum Gasteiger partial charge on any atom is 0.252 e. The van der Waals surface area contributed by atoms with Gasteiger partial charge >= 0.3 is 0 Å². The quantitative estimate of drug-likeness (QED) is 0.732. The first-order chi connectivity index (χ1) is 13.1. The molecule has 3 aromatic rings. The van der Waals surface area contributed by atoms with Crippen molar-refractivity contribution < 1.29 is 14.3 Å². The largest absolute Gasteiger partial charge is 0.486 e. The van der Waals surface area contributed by atoms with Gasteiger partial charge in [0.2, 0.25) is 0 Å². The van der Waals surface area contributed by atoms with Crippen molar-refractivity contribution in [3.8, 4) is 5.75 Å². The van der Waals surface area contributed by atoms with Crippen LogP contribution in [0.1, 0.15) is 34.5 Å². The predicted molar refractivity (Wildman–Crippen MR) is 106 cm³/mol. The summed E-state index contributed by atoms with van der Waals surface area (Å²) in [6.07, 6.45) is 0.0817. The Bertz CT molecular complexity index is 973. The molecule has 0 bridgehead atoms. The normalized spacial score (nSPS) is 15.2. The number of benzene rings is 3. The highest BCUT2D eigenvalue weighted by Gasteiger charge is 2.21. The average Bonchev–Trinajstić information content (AvgIpc) is 2.65. The predicted octanol–water partition coefficient (Wildman–Crippen LogP) is 4.42. The van der Waals surface area contributed by atoms with E-state index in [0.29, 0.717) is 24.5 Å². The number of fused-ring (bicyclic) bond motifs is 1. The Kier molecular flexibility index (Phi) is 4.82. The molecule has 0 aromatic heterocycles. The monoisotopic (exact) mass is 361 g/mol. The third-order valence-corrected chi connectivity index (χ3v) is 5.00. The minimum atomic E-state index is -0.104. The molecule has 1 amide bonds. The molecular weight excluding hydrogens is 338 g/mol. The van der Waals surface area contributed by atoms with E-state index in [1.807, 2.05) is 50.2 Å². The molecule has 1 atom stereocenters. The van der Waals surface area contributed by atoms with Gasteiger partial charge in [-0.1, -0.05) is 48.5 Å². The van der Waals surface area contributed by atoms with Gasteiger partial charge in [-0.15, -0.1) is 0 Å². The fourth-order valence-corrected chi connectivity index (χ4v) is 3.37. The third kappa shape index (κ3) is 3.67. The zero-order valence-corrected chi connectivity index (χ0v) is 15.6. The maximum absolute atomic E-state index is 12.9. The zero-order chi connectivity index (χ0) is 18.8. The second-order valence-corrected chi connectivity index (χ2v) is 7.02. The van der Waals surface area contributed by atoms with Gasteiger partial charge in [0.05, 0.1) is 19.3 Å². The molecule has 138 valence electrons. The molecule has 4 nitrogen and oxygen atoms in total. The van der Waals surface area contributed by atoms with Crippen molar-refractivity contribution in [1.82, 2.24) is 5.32 Å². The van der Waals surface area contributed by atoms with Crippen LogP contribution in [0.4, 0.5) is 0 Å². The van der Waals surface area contributed by atoms with Gasteiger partial charge in [-0.3, -0.25) is 4.79 Å². The van der Waals surface area contributed by atoms with Crippen molar-refractivity contribution >= 4 is 16.7 Å². The van der Waals surface area contributed by atoms with Crippen LogP contribution in [-0.2, 0) is 4.74 Å². The number of rotatable bonds is 5. The molecule has 0 radical (unpaired) electrons. The molecule has 1 heterocycles. The van der Waals surface area contributed by atoms with Crippen molar-refractivity contribution in [2.45, 2.75) is 26.0 Å². The second-order valence-electron chi connectivity index (χ2n) is 7.02. The number of carbonyl (C=O) groups excluding carboxylic acids is 1. The summed E-state index contributed by atoms with van der Waals surface area (Å²) in [6, 6.07) is 19.9. The molecule has 27 heavy (non-hydrogen) atoms. The third-order valence-electron chi connectivity index (χ3n) is 5.00. The standard InChI is InChI=1S/C23H23NO3/c1-15-10-11-18(27-19-13-26-14-19)12-22(15)23(25)24-16(2)20-9-5-7-17-6-3-4-8-21(17)20/h3-12,16,19H,13-14H2,1-2H3,(H,24,25)/t16-/m1/s1. The highest BCUT2D eigenvalue weighted by atomic mass is 16.6. The molecule has 0 spiro atoms. The van der Waals surface area contributed by atoms with Crippen molar-refractivity contribution in [3.63, 3.8) is 0 Å². The van der Waals surface area contributed by atoms with E-state index < -0.39 is 0 Å². The first-order valence-electron chi connectivity index (χ1n) is 9.25. The van der Waals surface area contributed by atoms with Crippen LogP contribution < -0.4 is 10.1 Å². The summed E-state index contributed by atoms with van der Waals surface area (Å²) in [5, 5.41) is 5.47. The van der Waals surface area contributed by atoms with Gasteiger partial charge in [0.25, 0.3) is 5.91 Å². The lowest BCUT2D eigenvalue weighted by atomic mass is 9.99. The Hall–Kier alpha value is -2.85. The van der Waals surface area contributed by atoms with E-state index in [1.54, 1.807) is 0 Å². The van der Waals surface area contributed by atoms with Crippen LogP contribution in [0.3, 0.4) is 0 Å². The lowest BCUT2D eigenvalue weighted by molar-refractivity contribution is -0.0796. The van der Waals surface area contributed by atoms with Crippen molar-refractivity contribution in [2.75, 3.05) is 13.2 Å². The zero-order valence-electron chi connectivity index (χ0n) is 15.6. The van der Waals surface area contributed by atoms with E-state index in [1.165, 1.54) is 5.39 Å². The second kappa shape index (κ2) is 7.41. The molecule has 0 saturated carbocycles. The number of hydrogen-bond acceptors (Lipinski definition) is 3. The number of carbonyl (C=O) groups is 1. The summed E-state index contributed by atoms with van der Waals surface area (Å²) < 4.78 is 11.0. The SMILES string of the molecule is Cc1ccc(OC2COC2)cc1C(=O)N[C@H](C)c1cccc2ccccc12. The van der Waals surface area contributed by atoms with E-state index in [-0.39, 0.29) is 18.1 Å². The van der Waals surface area contributed by atoms with E-state index in [2.05, 4.69) is 29.6 Å². The molecule has 1 fully saturated rings. The molecule has 1 aliphatic rings. The van der Waals surface area contributed by atoms with Crippen LogP contribution in [0.2, 0.25) is 0 Å². The Morgan fingerprint density at radius 3 is 2.67 bits per heavy atom. The van der Waals surface area contributed by atoms with Crippen molar-refractivity contribution in [1.29, 1.82) is 0 Å². The van der Waals surface area contributed by atoms with Gasteiger partial charge in [0.15, 0.2) is 0 Å². The Morgan fingerprint density at radius 1 is 1.11 bits per heavy atom. The molecule has 4 rings (SSSR count). The van der Waals surface area contributed by atoms with E-state index >= 15 is 0 Å². The smallest absolute Gasteiger partial charge is 0.252 e. The average molecular weight is 361 g/mol. The fraction of sp³-hybridized carbons (Fsp3) is 0.261. The first kappa shape index (κ1) is 17.6. The highest BCUT2D eigenvalue weighted by molar-refractivity contribution is 5.96. The summed E-state index contributed by atoms with van der Waals surface area (Å²) in [5.41, 5.74) is 2.67. The number of ether oxygens (including phenoxy) is 2. The van der Waals surface area contributed by atoms with Gasteiger partial charge in [-0.2, -0.15) is 0 Å². The van der Waals surface area contributed by atoms with Crippen LogP contribution in [0.5, 0.6) is 5.75 Å². The maximum atomic E-state index is 12.9. The number of nitrogens with one attached hydrogen (secondary N) is 1.